The molecule has 0 saturated carbocycles. The van der Waals surface area contributed by atoms with Crippen LogP contribution in [0.2, 0.25) is 6.82 Å². The molecule has 0 aliphatic heterocycles. The van der Waals surface area contributed by atoms with Crippen LogP contribution >= 0.6 is 8.58 Å². The van der Waals surface area contributed by atoms with E-state index in [-0.39, 0.29) is 0 Å². The van der Waals surface area contributed by atoms with Gasteiger partial charge < -0.3 is 0 Å². The first-order valence-corrected chi connectivity index (χ1v) is 3.88. The van der Waals surface area contributed by atoms with E-state index in [9.17, 15) is 0 Å². The molecule has 0 aliphatic rings. The molecule has 0 aromatic carbocycles. The molecule has 0 spiro atoms. The molecule has 0 amide bonds. The van der Waals surface area contributed by atoms with Crippen LogP contribution in [-0.4, -0.2) is 27.1 Å². The summed E-state index contributed by atoms with van der Waals surface area (Å²) < 4.78 is 0. The van der Waals surface area contributed by atoms with Gasteiger partial charge in [0, 0.05) is 7.74 Å². The van der Waals surface area contributed by atoms with Gasteiger partial charge in [-0.25, -0.2) is 0 Å². The normalized spacial score (nSPS) is 10.3. The third-order valence-electron chi connectivity index (χ3n) is 0.526. The van der Waals surface area contributed by atoms with Crippen LogP contribution in [-0.2, 0) is 0 Å². The van der Waals surface area contributed by atoms with Crippen molar-refractivity contribution >= 4 is 22.9 Å². The molecule has 0 aromatic heterocycles. The van der Waals surface area contributed by atoms with Crippen LogP contribution in [0.15, 0.2) is 0 Å². The van der Waals surface area contributed by atoms with Crippen molar-refractivity contribution in [3.8, 4) is 0 Å². The molecular formula is C3H9B2P. The van der Waals surface area contributed by atoms with E-state index in [1.165, 1.54) is 6.06 Å². The van der Waals surface area contributed by atoms with E-state index in [1.807, 2.05) is 6.82 Å². The van der Waals surface area contributed by atoms with E-state index >= 15 is 0 Å². The standard InChI is InChI=1S/C3H9B2P/c1-5(4)3-6-2/h6H,3H2,1-2H3. The Morgan fingerprint density at radius 1 is 1.83 bits per heavy atom. The van der Waals surface area contributed by atoms with Crippen LogP contribution in [0.3, 0.4) is 0 Å². The lowest BCUT2D eigenvalue weighted by atomic mass is 9.36. The van der Waals surface area contributed by atoms with Crippen LogP contribution in [0.1, 0.15) is 0 Å². The lowest BCUT2D eigenvalue weighted by molar-refractivity contribution is 1.99. The first-order valence-electron chi connectivity index (χ1n) is 2.17. The summed E-state index contributed by atoms with van der Waals surface area (Å²) >= 11 is 0. The summed E-state index contributed by atoms with van der Waals surface area (Å²) in [7, 11) is 6.42. The van der Waals surface area contributed by atoms with Gasteiger partial charge in [-0.05, 0) is 6.66 Å². The topological polar surface area (TPSA) is 0 Å². The van der Waals surface area contributed by atoms with E-state index in [1.54, 1.807) is 0 Å². The largest absolute Gasteiger partial charge is 0.133 e. The third kappa shape index (κ3) is 4.56. The average Bonchev–Trinajstić information content (AvgIpc) is 1.35. The number of hydrogen-bond donors (Lipinski definition) is 0. The van der Waals surface area contributed by atoms with E-state index in [0.29, 0.717) is 6.60 Å². The maximum absolute atomic E-state index is 5.41. The molecular weight excluding hydrogens is 88.6 g/mol. The van der Waals surface area contributed by atoms with Crippen molar-refractivity contribution in [1.82, 2.24) is 0 Å². The first-order chi connectivity index (χ1) is 2.77. The van der Waals surface area contributed by atoms with Gasteiger partial charge in [0.1, 0.15) is 0 Å². The van der Waals surface area contributed by atoms with Crippen LogP contribution in [0.4, 0.5) is 0 Å². The zero-order valence-electron chi connectivity index (χ0n) is 4.36. The average molecular weight is 97.7 g/mol. The van der Waals surface area contributed by atoms with Gasteiger partial charge in [-0.1, -0.05) is 12.9 Å². The molecule has 0 rings (SSSR count). The highest BCUT2D eigenvalue weighted by Gasteiger charge is 1.90. The molecule has 0 aromatic rings. The van der Waals surface area contributed by atoms with E-state index in [2.05, 4.69) is 6.66 Å². The fraction of sp³-hybridized carbons (Fsp3) is 1.00. The quantitative estimate of drug-likeness (QED) is 0.350. The lowest BCUT2D eigenvalue weighted by Crippen LogP contribution is -2.08. The zero-order valence-corrected chi connectivity index (χ0v) is 5.36. The second kappa shape index (κ2) is 3.74. The Bertz CT molecular complexity index is 30.0. The third-order valence-corrected chi connectivity index (χ3v) is 1.58. The fourth-order valence-electron chi connectivity index (χ4n) is 0.322. The summed E-state index contributed by atoms with van der Waals surface area (Å²) in [6, 6.07) is 1.18. The second-order valence-electron chi connectivity index (χ2n) is 1.53. The van der Waals surface area contributed by atoms with Crippen LogP contribution in [0.25, 0.3) is 0 Å². The predicted molar refractivity (Wildman–Crippen MR) is 36.5 cm³/mol. The minimum absolute atomic E-state index is 0.410. The summed E-state index contributed by atoms with van der Waals surface area (Å²) in [6.45, 7) is 4.62. The molecule has 2 radical (unpaired) electrons. The Labute approximate surface area is 43.3 Å². The van der Waals surface area contributed by atoms with Crippen molar-refractivity contribution in [2.75, 3.05) is 12.7 Å². The summed E-state index contributed by atoms with van der Waals surface area (Å²) in [4.78, 5) is 0. The number of hydrogen-bond acceptors (Lipinski definition) is 0. The highest BCUT2D eigenvalue weighted by molar-refractivity contribution is 7.42. The smallest absolute Gasteiger partial charge is 0.0920 e. The Kier molecular flexibility index (Phi) is 4.09. The van der Waals surface area contributed by atoms with E-state index in [4.69, 9.17) is 7.74 Å². The first kappa shape index (κ1) is 6.56. The van der Waals surface area contributed by atoms with E-state index in [0.717, 1.165) is 8.58 Å². The highest BCUT2D eigenvalue weighted by Crippen LogP contribution is 2.00. The van der Waals surface area contributed by atoms with Crippen molar-refractivity contribution in [1.29, 1.82) is 0 Å². The van der Waals surface area contributed by atoms with Crippen molar-refractivity contribution in [2.24, 2.45) is 0 Å². The van der Waals surface area contributed by atoms with Gasteiger partial charge in [0.15, 0.2) is 0 Å². The van der Waals surface area contributed by atoms with Crippen molar-refractivity contribution in [2.45, 2.75) is 6.82 Å². The molecule has 0 N–H and O–H groups in total. The molecule has 0 bridgehead atoms. The maximum atomic E-state index is 5.41. The molecule has 0 aliphatic carbocycles. The van der Waals surface area contributed by atoms with Crippen molar-refractivity contribution in [3.05, 3.63) is 0 Å². The maximum Gasteiger partial charge on any atom is 0.0920 e. The summed E-state index contributed by atoms with van der Waals surface area (Å²) in [5.41, 5.74) is 0. The zero-order chi connectivity index (χ0) is 4.99. The molecule has 6 heavy (non-hydrogen) atoms. The minimum atomic E-state index is 0.410. The van der Waals surface area contributed by atoms with Gasteiger partial charge in [-0.3, -0.25) is 0 Å². The number of rotatable bonds is 2. The second-order valence-corrected chi connectivity index (χ2v) is 2.65. The van der Waals surface area contributed by atoms with Gasteiger partial charge in [0.2, 0.25) is 0 Å². The molecule has 32 valence electrons. The van der Waals surface area contributed by atoms with Gasteiger partial charge in [-0.15, -0.1) is 8.58 Å². The molecule has 1 atom stereocenters. The summed E-state index contributed by atoms with van der Waals surface area (Å²) in [5.74, 6) is 0. The lowest BCUT2D eigenvalue weighted by Gasteiger charge is -1.92. The Balaban J connectivity index is 2.63. The molecule has 0 fully saturated rings. The van der Waals surface area contributed by atoms with Gasteiger partial charge >= 0.3 is 0 Å². The monoisotopic (exact) mass is 98.1 g/mol. The highest BCUT2D eigenvalue weighted by atomic mass is 31.1. The molecule has 3 heteroatoms. The molecule has 0 heterocycles. The summed E-state index contributed by atoms with van der Waals surface area (Å²) in [6.07, 6.45) is 0. The Morgan fingerprint density at radius 2 is 2.33 bits per heavy atom. The van der Waals surface area contributed by atoms with Gasteiger partial charge in [0.25, 0.3) is 0 Å². The van der Waals surface area contributed by atoms with E-state index < -0.39 is 0 Å². The molecule has 1 unspecified atom stereocenters. The van der Waals surface area contributed by atoms with Gasteiger partial charge in [0.05, 0.1) is 6.60 Å². The summed E-state index contributed by atoms with van der Waals surface area (Å²) in [5, 5.41) is 0. The fourth-order valence-corrected chi connectivity index (χ4v) is 0.966. The van der Waals surface area contributed by atoms with Gasteiger partial charge in [-0.2, -0.15) is 0 Å². The van der Waals surface area contributed by atoms with Crippen LogP contribution in [0.5, 0.6) is 0 Å². The SMILES string of the molecule is [B]B(C)CPC. The Hall–Kier alpha value is 0.560. The van der Waals surface area contributed by atoms with Crippen molar-refractivity contribution in [3.63, 3.8) is 0 Å². The Morgan fingerprint density at radius 3 is 2.33 bits per heavy atom. The molecule has 0 saturated heterocycles. The van der Waals surface area contributed by atoms with Crippen LogP contribution in [0, 0.1) is 0 Å². The minimum Gasteiger partial charge on any atom is -0.133 e. The predicted octanol–water partition coefficient (Wildman–Crippen LogP) is 0.624. The molecule has 0 nitrogen and oxygen atoms in total. The van der Waals surface area contributed by atoms with Crippen molar-refractivity contribution < 1.29 is 0 Å². The van der Waals surface area contributed by atoms with Crippen LogP contribution < -0.4 is 0 Å².